The fourth-order valence-corrected chi connectivity index (χ4v) is 2.54. The summed E-state index contributed by atoms with van der Waals surface area (Å²) < 4.78 is 0. The maximum Gasteiger partial charge on any atom is 0.278 e. The van der Waals surface area contributed by atoms with Crippen LogP contribution in [0.3, 0.4) is 0 Å². The average Bonchev–Trinajstić information content (AvgIpc) is 2.93. The molecule has 0 aliphatic heterocycles. The Morgan fingerprint density at radius 3 is 2.62 bits per heavy atom. The molecule has 0 fully saturated rings. The summed E-state index contributed by atoms with van der Waals surface area (Å²) in [7, 11) is 0. The quantitative estimate of drug-likeness (QED) is 0.781. The molecule has 0 bridgehead atoms. The molecule has 0 radical (unpaired) electrons. The van der Waals surface area contributed by atoms with E-state index in [0.29, 0.717) is 16.4 Å². The van der Waals surface area contributed by atoms with Gasteiger partial charge in [0.25, 0.3) is 5.91 Å². The van der Waals surface area contributed by atoms with Crippen LogP contribution in [0.4, 0.5) is 5.69 Å². The lowest BCUT2D eigenvalue weighted by Gasteiger charge is -2.08. The van der Waals surface area contributed by atoms with Crippen LogP contribution in [-0.4, -0.2) is 20.9 Å². The molecule has 2 aromatic carbocycles. The number of amides is 1. The highest BCUT2D eigenvalue weighted by Gasteiger charge is 2.17. The maximum atomic E-state index is 12.6. The van der Waals surface area contributed by atoms with Gasteiger partial charge in [0.05, 0.1) is 11.4 Å². The fraction of sp³-hybridized carbons (Fsp3) is 0.167. The number of benzene rings is 2. The van der Waals surface area contributed by atoms with Gasteiger partial charge in [-0.05, 0) is 56.2 Å². The number of anilines is 1. The SMILES string of the molecule is Cc1ccc(C)c(NC(=O)c2nn(-c3cccc(Cl)c3)nc2C)c1. The third kappa shape index (κ3) is 3.31. The van der Waals surface area contributed by atoms with Gasteiger partial charge < -0.3 is 5.32 Å². The number of hydrogen-bond donors (Lipinski definition) is 1. The summed E-state index contributed by atoms with van der Waals surface area (Å²) in [5, 5.41) is 12.1. The van der Waals surface area contributed by atoms with Crippen molar-refractivity contribution in [1.29, 1.82) is 0 Å². The lowest BCUT2D eigenvalue weighted by atomic mass is 10.1. The molecule has 1 amide bonds. The van der Waals surface area contributed by atoms with E-state index in [9.17, 15) is 4.79 Å². The first-order valence-corrected chi connectivity index (χ1v) is 7.90. The Labute approximate surface area is 145 Å². The maximum absolute atomic E-state index is 12.6. The normalized spacial score (nSPS) is 10.7. The van der Waals surface area contributed by atoms with Gasteiger partial charge in [-0.25, -0.2) is 0 Å². The molecular weight excluding hydrogens is 324 g/mol. The van der Waals surface area contributed by atoms with Gasteiger partial charge >= 0.3 is 0 Å². The highest BCUT2D eigenvalue weighted by Crippen LogP contribution is 2.18. The van der Waals surface area contributed by atoms with E-state index in [1.807, 2.05) is 44.2 Å². The minimum Gasteiger partial charge on any atom is -0.320 e. The van der Waals surface area contributed by atoms with Gasteiger partial charge in [0.1, 0.15) is 0 Å². The van der Waals surface area contributed by atoms with Crippen molar-refractivity contribution in [2.45, 2.75) is 20.8 Å². The van der Waals surface area contributed by atoms with Gasteiger partial charge in [0, 0.05) is 10.7 Å². The first kappa shape index (κ1) is 16.2. The minimum atomic E-state index is -0.283. The van der Waals surface area contributed by atoms with Crippen molar-refractivity contribution in [3.05, 3.63) is 70.0 Å². The van der Waals surface area contributed by atoms with Crippen LogP contribution in [0.1, 0.15) is 27.3 Å². The molecule has 1 aromatic heterocycles. The number of halogens is 1. The van der Waals surface area contributed by atoms with Gasteiger partial charge in [-0.15, -0.1) is 5.10 Å². The number of hydrogen-bond acceptors (Lipinski definition) is 3. The van der Waals surface area contributed by atoms with Crippen LogP contribution in [-0.2, 0) is 0 Å². The molecular formula is C18H17ClN4O. The zero-order valence-electron chi connectivity index (χ0n) is 13.7. The van der Waals surface area contributed by atoms with E-state index in [0.717, 1.165) is 16.8 Å². The van der Waals surface area contributed by atoms with Gasteiger partial charge in [-0.3, -0.25) is 4.79 Å². The molecule has 122 valence electrons. The lowest BCUT2D eigenvalue weighted by molar-refractivity contribution is 0.102. The van der Waals surface area contributed by atoms with Crippen LogP contribution in [0.5, 0.6) is 0 Å². The van der Waals surface area contributed by atoms with Crippen LogP contribution in [0.15, 0.2) is 42.5 Å². The topological polar surface area (TPSA) is 59.8 Å². The van der Waals surface area contributed by atoms with Gasteiger partial charge in [0.15, 0.2) is 5.69 Å². The number of aromatic nitrogens is 3. The summed E-state index contributed by atoms with van der Waals surface area (Å²) in [6.07, 6.45) is 0. The Kier molecular flexibility index (Phi) is 4.36. The number of carbonyl (C=O) groups is 1. The Balaban J connectivity index is 1.90. The van der Waals surface area contributed by atoms with Crippen LogP contribution < -0.4 is 5.32 Å². The number of carbonyl (C=O) groups excluding carboxylic acids is 1. The largest absolute Gasteiger partial charge is 0.320 e. The molecule has 0 saturated carbocycles. The summed E-state index contributed by atoms with van der Waals surface area (Å²) in [6, 6.07) is 13.1. The Morgan fingerprint density at radius 1 is 1.08 bits per heavy atom. The first-order chi connectivity index (χ1) is 11.4. The van der Waals surface area contributed by atoms with Crippen LogP contribution in [0.25, 0.3) is 5.69 Å². The third-order valence-electron chi connectivity index (χ3n) is 3.68. The minimum absolute atomic E-state index is 0.283. The zero-order chi connectivity index (χ0) is 17.3. The van der Waals surface area contributed by atoms with Crippen molar-refractivity contribution in [2.24, 2.45) is 0 Å². The Morgan fingerprint density at radius 2 is 1.88 bits per heavy atom. The van der Waals surface area contributed by atoms with E-state index < -0.39 is 0 Å². The molecule has 0 unspecified atom stereocenters. The van der Waals surface area contributed by atoms with E-state index in [4.69, 9.17) is 11.6 Å². The summed E-state index contributed by atoms with van der Waals surface area (Å²) in [5.74, 6) is -0.283. The van der Waals surface area contributed by atoms with Crippen molar-refractivity contribution in [1.82, 2.24) is 15.0 Å². The van der Waals surface area contributed by atoms with Gasteiger partial charge in [0.2, 0.25) is 0 Å². The van der Waals surface area contributed by atoms with Gasteiger partial charge in [-0.1, -0.05) is 29.8 Å². The van der Waals surface area contributed by atoms with Crippen LogP contribution >= 0.6 is 11.6 Å². The summed E-state index contributed by atoms with van der Waals surface area (Å²) in [6.45, 7) is 5.69. The van der Waals surface area contributed by atoms with E-state index >= 15 is 0 Å². The highest BCUT2D eigenvalue weighted by molar-refractivity contribution is 6.30. The van der Waals surface area contributed by atoms with E-state index in [1.54, 1.807) is 19.1 Å². The van der Waals surface area contributed by atoms with E-state index in [1.165, 1.54) is 4.80 Å². The number of aryl methyl sites for hydroxylation is 3. The first-order valence-electron chi connectivity index (χ1n) is 7.52. The van der Waals surface area contributed by atoms with Crippen molar-refractivity contribution < 1.29 is 4.79 Å². The van der Waals surface area contributed by atoms with Gasteiger partial charge in [-0.2, -0.15) is 9.90 Å². The van der Waals surface area contributed by atoms with Crippen LogP contribution in [0, 0.1) is 20.8 Å². The Hall–Kier alpha value is -2.66. The molecule has 6 heteroatoms. The molecule has 24 heavy (non-hydrogen) atoms. The second-order valence-electron chi connectivity index (χ2n) is 5.68. The predicted molar refractivity (Wildman–Crippen MR) is 95.0 cm³/mol. The molecule has 0 spiro atoms. The molecule has 0 aliphatic carbocycles. The summed E-state index contributed by atoms with van der Waals surface area (Å²) >= 11 is 6.00. The van der Waals surface area contributed by atoms with Crippen molar-refractivity contribution in [2.75, 3.05) is 5.32 Å². The molecule has 0 aliphatic rings. The predicted octanol–water partition coefficient (Wildman–Crippen LogP) is 4.10. The molecule has 0 saturated heterocycles. The monoisotopic (exact) mass is 340 g/mol. The average molecular weight is 341 g/mol. The standard InChI is InChI=1S/C18H17ClN4O/c1-11-7-8-12(2)16(9-11)20-18(24)17-13(3)21-23(22-17)15-6-4-5-14(19)10-15/h4-10H,1-3H3,(H,20,24). The highest BCUT2D eigenvalue weighted by atomic mass is 35.5. The number of nitrogens with zero attached hydrogens (tertiary/aromatic N) is 3. The van der Waals surface area contributed by atoms with E-state index in [2.05, 4.69) is 15.5 Å². The molecule has 3 rings (SSSR count). The smallest absolute Gasteiger partial charge is 0.278 e. The second-order valence-corrected chi connectivity index (χ2v) is 6.11. The Bertz CT molecular complexity index is 917. The fourth-order valence-electron chi connectivity index (χ4n) is 2.36. The lowest BCUT2D eigenvalue weighted by Crippen LogP contribution is -2.15. The number of rotatable bonds is 3. The molecule has 0 atom stereocenters. The molecule has 3 aromatic rings. The van der Waals surface area contributed by atoms with E-state index in [-0.39, 0.29) is 11.6 Å². The summed E-state index contributed by atoms with van der Waals surface area (Å²) in [5.41, 5.74) is 4.39. The van der Waals surface area contributed by atoms with Crippen molar-refractivity contribution >= 4 is 23.2 Å². The molecule has 1 heterocycles. The number of nitrogens with one attached hydrogen (secondary N) is 1. The third-order valence-corrected chi connectivity index (χ3v) is 3.91. The second kappa shape index (κ2) is 6.45. The van der Waals surface area contributed by atoms with Crippen LogP contribution in [0.2, 0.25) is 5.02 Å². The molecule has 1 N–H and O–H groups in total. The molecule has 5 nitrogen and oxygen atoms in total. The zero-order valence-corrected chi connectivity index (χ0v) is 14.4. The summed E-state index contributed by atoms with van der Waals surface area (Å²) in [4.78, 5) is 14.0. The van der Waals surface area contributed by atoms with Crippen molar-refractivity contribution in [3.63, 3.8) is 0 Å². The van der Waals surface area contributed by atoms with Crippen molar-refractivity contribution in [3.8, 4) is 5.69 Å².